The van der Waals surface area contributed by atoms with E-state index in [9.17, 15) is 9.59 Å². The van der Waals surface area contributed by atoms with Gasteiger partial charge < -0.3 is 16.0 Å². The largest absolute Gasteiger partial charge is 0.382 e. The van der Waals surface area contributed by atoms with Gasteiger partial charge in [-0.15, -0.1) is 0 Å². The molecule has 1 aromatic rings. The minimum atomic E-state index is -0.443. The summed E-state index contributed by atoms with van der Waals surface area (Å²) in [4.78, 5) is 24.8. The Bertz CT molecular complexity index is 427. The van der Waals surface area contributed by atoms with Crippen molar-refractivity contribution in [1.29, 1.82) is 0 Å². The second kappa shape index (κ2) is 3.84. The fourth-order valence-electron chi connectivity index (χ4n) is 1.65. The monoisotopic (exact) mass is 223 g/mol. The van der Waals surface area contributed by atoms with E-state index < -0.39 is 6.04 Å². The van der Waals surface area contributed by atoms with Crippen molar-refractivity contribution in [2.75, 3.05) is 19.3 Å². The number of anilines is 1. The summed E-state index contributed by atoms with van der Waals surface area (Å²) in [7, 11) is 1.71. The topological polar surface area (TPSA) is 104 Å². The number of rotatable bonds is 2. The molecular formula is C9H13N5O2. The van der Waals surface area contributed by atoms with Crippen LogP contribution >= 0.6 is 0 Å². The lowest BCUT2D eigenvalue weighted by Crippen LogP contribution is -2.40. The number of likely N-dealkylation sites (tertiary alicyclic amines) is 1. The van der Waals surface area contributed by atoms with Gasteiger partial charge >= 0.3 is 0 Å². The molecule has 0 radical (unpaired) electrons. The van der Waals surface area contributed by atoms with Gasteiger partial charge in [0.15, 0.2) is 0 Å². The predicted octanol–water partition coefficient (Wildman–Crippen LogP) is -1.05. The molecule has 0 aliphatic carbocycles. The van der Waals surface area contributed by atoms with Gasteiger partial charge in [0.1, 0.15) is 17.6 Å². The molecule has 0 bridgehead atoms. The minimum absolute atomic E-state index is 0.0687. The first-order valence-electron chi connectivity index (χ1n) is 4.94. The lowest BCUT2D eigenvalue weighted by atomic mass is 10.2. The molecule has 1 unspecified atom stereocenters. The van der Waals surface area contributed by atoms with Crippen LogP contribution in [0.2, 0.25) is 0 Å². The van der Waals surface area contributed by atoms with Gasteiger partial charge in [0, 0.05) is 19.7 Å². The number of carbonyl (C=O) groups excluding carboxylic acids is 2. The molecule has 7 nitrogen and oxygen atoms in total. The number of amides is 2. The summed E-state index contributed by atoms with van der Waals surface area (Å²) in [6.45, 7) is 0.662. The molecule has 1 fully saturated rings. The first-order valence-corrected chi connectivity index (χ1v) is 4.94. The van der Waals surface area contributed by atoms with Gasteiger partial charge in [-0.25, -0.2) is 0 Å². The van der Waals surface area contributed by atoms with Gasteiger partial charge in [-0.05, 0) is 6.42 Å². The number of aromatic nitrogens is 2. The van der Waals surface area contributed by atoms with E-state index in [-0.39, 0.29) is 23.3 Å². The van der Waals surface area contributed by atoms with Crippen LogP contribution in [0, 0.1) is 0 Å². The van der Waals surface area contributed by atoms with E-state index in [0.29, 0.717) is 13.0 Å². The standard InChI is InChI=1S/C9H13N5O2/c1-14-3-2-5(9(14)16)11-8(15)6-4-7(10)13-12-6/h4-5H,2-3H2,1H3,(H,11,15)(H3,10,12,13). The van der Waals surface area contributed by atoms with Crippen molar-refractivity contribution in [3.63, 3.8) is 0 Å². The highest BCUT2D eigenvalue weighted by Crippen LogP contribution is 2.09. The van der Waals surface area contributed by atoms with E-state index >= 15 is 0 Å². The van der Waals surface area contributed by atoms with Gasteiger partial charge in [0.2, 0.25) is 5.91 Å². The number of hydrogen-bond donors (Lipinski definition) is 3. The first kappa shape index (κ1) is 10.5. The molecule has 4 N–H and O–H groups in total. The lowest BCUT2D eigenvalue weighted by molar-refractivity contribution is -0.128. The first-order chi connectivity index (χ1) is 7.58. The second-order valence-corrected chi connectivity index (χ2v) is 3.78. The molecule has 2 rings (SSSR count). The van der Waals surface area contributed by atoms with Crippen LogP contribution in [-0.4, -0.2) is 46.5 Å². The van der Waals surface area contributed by atoms with Crippen LogP contribution < -0.4 is 11.1 Å². The van der Waals surface area contributed by atoms with E-state index in [1.165, 1.54) is 6.07 Å². The molecule has 1 atom stereocenters. The van der Waals surface area contributed by atoms with Gasteiger partial charge in [0.05, 0.1) is 0 Å². The van der Waals surface area contributed by atoms with E-state index in [1.54, 1.807) is 11.9 Å². The normalized spacial score (nSPS) is 20.2. The molecule has 0 aromatic carbocycles. The molecule has 2 amide bonds. The van der Waals surface area contributed by atoms with E-state index in [4.69, 9.17) is 5.73 Å². The Morgan fingerprint density at radius 3 is 3.00 bits per heavy atom. The Kier molecular flexibility index (Phi) is 2.51. The quantitative estimate of drug-likeness (QED) is 0.595. The number of hydrogen-bond acceptors (Lipinski definition) is 4. The number of nitrogens with one attached hydrogen (secondary N) is 2. The van der Waals surface area contributed by atoms with Crippen LogP contribution in [0.25, 0.3) is 0 Å². The van der Waals surface area contributed by atoms with Crippen molar-refractivity contribution < 1.29 is 9.59 Å². The highest BCUT2D eigenvalue weighted by atomic mass is 16.2. The zero-order chi connectivity index (χ0) is 11.7. The highest BCUT2D eigenvalue weighted by Gasteiger charge is 2.30. The molecule has 1 aromatic heterocycles. The van der Waals surface area contributed by atoms with Gasteiger partial charge in [-0.1, -0.05) is 0 Å². The lowest BCUT2D eigenvalue weighted by Gasteiger charge is -2.11. The number of nitrogens with two attached hydrogens (primary N) is 1. The molecule has 7 heteroatoms. The molecular weight excluding hydrogens is 210 g/mol. The number of H-pyrrole nitrogens is 1. The smallest absolute Gasteiger partial charge is 0.270 e. The summed E-state index contributed by atoms with van der Waals surface area (Å²) in [5.74, 6) is -0.182. The maximum absolute atomic E-state index is 11.7. The summed E-state index contributed by atoms with van der Waals surface area (Å²) in [6.07, 6.45) is 0.630. The number of nitrogens with zero attached hydrogens (tertiary/aromatic N) is 2. The summed E-state index contributed by atoms with van der Waals surface area (Å²) < 4.78 is 0. The van der Waals surface area contributed by atoms with Crippen LogP contribution in [0.3, 0.4) is 0 Å². The Morgan fingerprint density at radius 2 is 2.50 bits per heavy atom. The molecule has 16 heavy (non-hydrogen) atoms. The number of carbonyl (C=O) groups is 2. The SMILES string of the molecule is CN1CCC(NC(=O)c2cc(N)n[nH]2)C1=O. The third kappa shape index (κ3) is 1.83. The maximum Gasteiger partial charge on any atom is 0.270 e. The van der Waals surface area contributed by atoms with Crippen LogP contribution in [0.4, 0.5) is 5.82 Å². The van der Waals surface area contributed by atoms with Crippen molar-refractivity contribution in [1.82, 2.24) is 20.4 Å². The Balaban J connectivity index is 2.01. The van der Waals surface area contributed by atoms with Crippen LogP contribution in [-0.2, 0) is 4.79 Å². The van der Waals surface area contributed by atoms with Crippen LogP contribution in [0.1, 0.15) is 16.9 Å². The maximum atomic E-state index is 11.7. The fourth-order valence-corrected chi connectivity index (χ4v) is 1.65. The molecule has 1 saturated heterocycles. The summed E-state index contributed by atoms with van der Waals surface area (Å²) in [6, 6.07) is 0.986. The van der Waals surface area contributed by atoms with E-state index in [2.05, 4.69) is 15.5 Å². The Labute approximate surface area is 92.0 Å². The third-order valence-electron chi connectivity index (χ3n) is 2.58. The average Bonchev–Trinajstić information content (AvgIpc) is 2.79. The van der Waals surface area contributed by atoms with Crippen molar-refractivity contribution in [3.8, 4) is 0 Å². The summed E-state index contributed by atoms with van der Waals surface area (Å²) in [5, 5.41) is 8.77. The molecule has 1 aliphatic heterocycles. The third-order valence-corrected chi connectivity index (χ3v) is 2.58. The van der Waals surface area contributed by atoms with Crippen LogP contribution in [0.5, 0.6) is 0 Å². The van der Waals surface area contributed by atoms with Gasteiger partial charge in [-0.2, -0.15) is 5.10 Å². The zero-order valence-electron chi connectivity index (χ0n) is 8.86. The minimum Gasteiger partial charge on any atom is -0.382 e. The summed E-state index contributed by atoms with van der Waals surface area (Å²) in [5.41, 5.74) is 5.64. The fraction of sp³-hybridized carbons (Fsp3) is 0.444. The predicted molar refractivity (Wildman–Crippen MR) is 56.5 cm³/mol. The second-order valence-electron chi connectivity index (χ2n) is 3.78. The van der Waals surface area contributed by atoms with Crippen LogP contribution in [0.15, 0.2) is 6.07 Å². The molecule has 0 spiro atoms. The Morgan fingerprint density at radius 1 is 1.75 bits per heavy atom. The van der Waals surface area contributed by atoms with E-state index in [0.717, 1.165) is 0 Å². The van der Waals surface area contributed by atoms with Gasteiger partial charge in [0.25, 0.3) is 5.91 Å². The zero-order valence-corrected chi connectivity index (χ0v) is 8.86. The van der Waals surface area contributed by atoms with E-state index in [1.807, 2.05) is 0 Å². The Hall–Kier alpha value is -2.05. The molecule has 1 aliphatic rings. The van der Waals surface area contributed by atoms with Gasteiger partial charge in [-0.3, -0.25) is 14.7 Å². The number of nitrogen functional groups attached to an aromatic ring is 1. The number of likely N-dealkylation sites (N-methyl/N-ethyl adjacent to an activating group) is 1. The van der Waals surface area contributed by atoms with Crippen molar-refractivity contribution in [3.05, 3.63) is 11.8 Å². The van der Waals surface area contributed by atoms with Crippen molar-refractivity contribution in [2.24, 2.45) is 0 Å². The molecule has 0 saturated carbocycles. The average molecular weight is 223 g/mol. The highest BCUT2D eigenvalue weighted by molar-refractivity contribution is 5.97. The van der Waals surface area contributed by atoms with Crippen molar-refractivity contribution >= 4 is 17.6 Å². The molecule has 2 heterocycles. The van der Waals surface area contributed by atoms with Crippen molar-refractivity contribution in [2.45, 2.75) is 12.5 Å². The molecule has 86 valence electrons. The summed E-state index contributed by atoms with van der Waals surface area (Å²) >= 11 is 0. The number of aromatic amines is 1.